The molecule has 1 heterocycles. The number of thioether (sulfide) groups is 1. The first-order valence-corrected chi connectivity index (χ1v) is 7.43. The molecule has 0 bridgehead atoms. The molecule has 0 aliphatic carbocycles. The van der Waals surface area contributed by atoms with E-state index in [0.717, 1.165) is 18.2 Å². The molecular formula is C14H21NOS. The largest absolute Gasteiger partial charge is 0.508 e. The Bertz CT molecular complexity index is 339. The van der Waals surface area contributed by atoms with Crippen molar-refractivity contribution in [2.75, 3.05) is 12.3 Å². The van der Waals surface area contributed by atoms with Crippen LogP contribution in [-0.4, -0.2) is 28.7 Å². The Balaban J connectivity index is 1.73. The second-order valence-corrected chi connectivity index (χ2v) is 6.18. The fraction of sp³-hybridized carbons (Fsp3) is 0.571. The molecule has 2 nitrogen and oxygen atoms in total. The molecule has 0 aromatic heterocycles. The molecule has 0 spiro atoms. The van der Waals surface area contributed by atoms with E-state index in [1.165, 1.54) is 24.2 Å². The molecule has 17 heavy (non-hydrogen) atoms. The van der Waals surface area contributed by atoms with E-state index in [0.29, 0.717) is 11.8 Å². The smallest absolute Gasteiger partial charge is 0.115 e. The monoisotopic (exact) mass is 251 g/mol. The average Bonchev–Trinajstić information content (AvgIpc) is 2.34. The van der Waals surface area contributed by atoms with Crippen LogP contribution in [0.5, 0.6) is 5.75 Å². The van der Waals surface area contributed by atoms with Gasteiger partial charge >= 0.3 is 0 Å². The van der Waals surface area contributed by atoms with E-state index in [9.17, 15) is 5.11 Å². The minimum absolute atomic E-state index is 0.346. The van der Waals surface area contributed by atoms with Gasteiger partial charge in [0.15, 0.2) is 0 Å². The number of rotatable bonds is 4. The third-order valence-electron chi connectivity index (χ3n) is 3.36. The second-order valence-electron chi connectivity index (χ2n) is 4.70. The van der Waals surface area contributed by atoms with Gasteiger partial charge in [0.1, 0.15) is 5.75 Å². The fourth-order valence-corrected chi connectivity index (χ4v) is 3.43. The van der Waals surface area contributed by atoms with Crippen LogP contribution in [0.25, 0.3) is 0 Å². The maximum atomic E-state index is 9.20. The van der Waals surface area contributed by atoms with Crippen molar-refractivity contribution >= 4 is 11.8 Å². The van der Waals surface area contributed by atoms with Crippen molar-refractivity contribution in [3.8, 4) is 5.75 Å². The zero-order valence-electron chi connectivity index (χ0n) is 10.4. The molecule has 2 atom stereocenters. The maximum Gasteiger partial charge on any atom is 0.115 e. The van der Waals surface area contributed by atoms with Gasteiger partial charge in [-0.3, -0.25) is 0 Å². The van der Waals surface area contributed by atoms with Gasteiger partial charge in [0.05, 0.1) is 0 Å². The Morgan fingerprint density at radius 2 is 2.12 bits per heavy atom. The normalized spacial score (nSPS) is 24.8. The summed E-state index contributed by atoms with van der Waals surface area (Å²) >= 11 is 2.08. The molecule has 1 aliphatic rings. The first-order valence-electron chi connectivity index (χ1n) is 6.38. The minimum atomic E-state index is 0.346. The standard InChI is InChI=1S/C14H21NOS/c1-11-14(3-2-10-17-11)15-9-8-12-4-6-13(16)7-5-12/h4-7,11,14-16H,2-3,8-10H2,1H3. The van der Waals surface area contributed by atoms with Gasteiger partial charge in [-0.25, -0.2) is 0 Å². The number of aromatic hydroxyl groups is 1. The third-order valence-corrected chi connectivity index (χ3v) is 4.74. The summed E-state index contributed by atoms with van der Waals surface area (Å²) in [5, 5.41) is 13.6. The zero-order valence-corrected chi connectivity index (χ0v) is 11.2. The third kappa shape index (κ3) is 3.93. The van der Waals surface area contributed by atoms with Crippen LogP contribution in [0.1, 0.15) is 25.3 Å². The van der Waals surface area contributed by atoms with Crippen molar-refractivity contribution in [2.45, 2.75) is 37.5 Å². The molecule has 1 aliphatic heterocycles. The van der Waals surface area contributed by atoms with Crippen molar-refractivity contribution in [1.29, 1.82) is 0 Å². The summed E-state index contributed by atoms with van der Waals surface area (Å²) in [4.78, 5) is 0. The predicted molar refractivity (Wildman–Crippen MR) is 74.8 cm³/mol. The Morgan fingerprint density at radius 1 is 1.35 bits per heavy atom. The molecule has 3 heteroatoms. The summed E-state index contributed by atoms with van der Waals surface area (Å²) in [6, 6.07) is 8.18. The summed E-state index contributed by atoms with van der Waals surface area (Å²) in [5.41, 5.74) is 1.28. The highest BCUT2D eigenvalue weighted by Gasteiger charge is 2.20. The van der Waals surface area contributed by atoms with Crippen molar-refractivity contribution in [3.05, 3.63) is 29.8 Å². The lowest BCUT2D eigenvalue weighted by atomic mass is 10.1. The summed E-state index contributed by atoms with van der Waals surface area (Å²) in [5.74, 6) is 1.66. The molecular weight excluding hydrogens is 230 g/mol. The molecule has 0 saturated carbocycles. The first-order chi connectivity index (χ1) is 8.25. The van der Waals surface area contributed by atoms with E-state index in [1.54, 1.807) is 12.1 Å². The van der Waals surface area contributed by atoms with Crippen molar-refractivity contribution < 1.29 is 5.11 Å². The van der Waals surface area contributed by atoms with Crippen LogP contribution in [0.15, 0.2) is 24.3 Å². The summed E-state index contributed by atoms with van der Waals surface area (Å²) in [6.07, 6.45) is 3.68. The zero-order chi connectivity index (χ0) is 12.1. The molecule has 0 radical (unpaired) electrons. The molecule has 2 rings (SSSR count). The molecule has 1 aromatic carbocycles. The number of phenolic OH excluding ortho intramolecular Hbond substituents is 1. The van der Waals surface area contributed by atoms with Crippen LogP contribution in [0.2, 0.25) is 0 Å². The lowest BCUT2D eigenvalue weighted by Crippen LogP contribution is -2.40. The van der Waals surface area contributed by atoms with Gasteiger partial charge in [-0.1, -0.05) is 19.1 Å². The van der Waals surface area contributed by atoms with Crippen LogP contribution in [0.3, 0.4) is 0 Å². The van der Waals surface area contributed by atoms with Crippen LogP contribution in [0.4, 0.5) is 0 Å². The van der Waals surface area contributed by atoms with E-state index >= 15 is 0 Å². The van der Waals surface area contributed by atoms with Gasteiger partial charge in [-0.05, 0) is 49.3 Å². The molecule has 2 N–H and O–H groups in total. The van der Waals surface area contributed by atoms with Gasteiger partial charge < -0.3 is 10.4 Å². The van der Waals surface area contributed by atoms with Crippen molar-refractivity contribution in [3.63, 3.8) is 0 Å². The Labute approximate surface area is 108 Å². The SMILES string of the molecule is CC1SCCCC1NCCc1ccc(O)cc1. The molecule has 1 saturated heterocycles. The number of benzene rings is 1. The number of nitrogens with one attached hydrogen (secondary N) is 1. The van der Waals surface area contributed by atoms with Gasteiger partial charge in [-0.15, -0.1) is 0 Å². The number of phenols is 1. The predicted octanol–water partition coefficient (Wildman–Crippen LogP) is 2.81. The number of hydrogen-bond donors (Lipinski definition) is 2. The van der Waals surface area contributed by atoms with E-state index in [2.05, 4.69) is 24.0 Å². The Morgan fingerprint density at radius 3 is 2.82 bits per heavy atom. The number of hydrogen-bond acceptors (Lipinski definition) is 3. The van der Waals surface area contributed by atoms with Gasteiger partial charge in [0.2, 0.25) is 0 Å². The Kier molecular flexibility index (Phi) is 4.75. The van der Waals surface area contributed by atoms with Crippen LogP contribution in [0, 0.1) is 0 Å². The van der Waals surface area contributed by atoms with Crippen molar-refractivity contribution in [2.24, 2.45) is 0 Å². The quantitative estimate of drug-likeness (QED) is 0.863. The lowest BCUT2D eigenvalue weighted by Gasteiger charge is -2.29. The second kappa shape index (κ2) is 6.31. The highest BCUT2D eigenvalue weighted by molar-refractivity contribution is 7.99. The summed E-state index contributed by atoms with van der Waals surface area (Å²) in [6.45, 7) is 3.35. The summed E-state index contributed by atoms with van der Waals surface area (Å²) < 4.78 is 0. The molecule has 0 amide bonds. The highest BCUT2D eigenvalue weighted by Crippen LogP contribution is 2.24. The van der Waals surface area contributed by atoms with Crippen LogP contribution in [-0.2, 0) is 6.42 Å². The first kappa shape index (κ1) is 12.8. The Hall–Kier alpha value is -0.670. The summed E-state index contributed by atoms with van der Waals surface area (Å²) in [7, 11) is 0. The van der Waals surface area contributed by atoms with Gasteiger partial charge in [0, 0.05) is 11.3 Å². The van der Waals surface area contributed by atoms with E-state index < -0.39 is 0 Å². The van der Waals surface area contributed by atoms with E-state index in [1.807, 2.05) is 12.1 Å². The van der Waals surface area contributed by atoms with E-state index in [4.69, 9.17) is 0 Å². The molecule has 94 valence electrons. The van der Waals surface area contributed by atoms with Gasteiger partial charge in [-0.2, -0.15) is 11.8 Å². The van der Waals surface area contributed by atoms with Crippen LogP contribution >= 0.6 is 11.8 Å². The average molecular weight is 251 g/mol. The van der Waals surface area contributed by atoms with Crippen LogP contribution < -0.4 is 5.32 Å². The minimum Gasteiger partial charge on any atom is -0.508 e. The molecule has 1 fully saturated rings. The molecule has 2 unspecified atom stereocenters. The highest BCUT2D eigenvalue weighted by atomic mass is 32.2. The topological polar surface area (TPSA) is 32.3 Å². The van der Waals surface area contributed by atoms with Crippen molar-refractivity contribution in [1.82, 2.24) is 5.32 Å². The fourth-order valence-electron chi connectivity index (χ4n) is 2.26. The lowest BCUT2D eigenvalue weighted by molar-refractivity contribution is 0.465. The van der Waals surface area contributed by atoms with Gasteiger partial charge in [0.25, 0.3) is 0 Å². The van der Waals surface area contributed by atoms with E-state index in [-0.39, 0.29) is 0 Å². The maximum absolute atomic E-state index is 9.20. The molecule has 1 aromatic rings.